The molecule has 0 spiro atoms. The number of methoxy groups -OCH3 is 1. The van der Waals surface area contributed by atoms with Gasteiger partial charge in [-0.25, -0.2) is 0 Å². The molecule has 1 saturated carbocycles. The second-order valence-corrected chi connectivity index (χ2v) is 3.62. The molecule has 2 nitrogen and oxygen atoms in total. The number of hydrogen-bond donors (Lipinski definition) is 0. The van der Waals surface area contributed by atoms with Gasteiger partial charge in [0.05, 0.1) is 6.61 Å². The summed E-state index contributed by atoms with van der Waals surface area (Å²) in [7, 11) is 4.00. The first-order valence-corrected chi connectivity index (χ1v) is 4.02. The van der Waals surface area contributed by atoms with E-state index >= 15 is 0 Å². The molecule has 58 valence electrons. The Kier molecular flexibility index (Phi) is 1.46. The Labute approximate surface area is 62.2 Å². The number of rotatable bonds is 2. The second kappa shape index (κ2) is 2.21. The zero-order valence-electron chi connectivity index (χ0n) is 6.71. The standard InChI is InChI=1S/C8H15NO/c1-9-4-6-3-7(6)8(9)5-10-2/h6-8H,3-5H2,1-2H3/t6?,7?,8-/m1/s1. The molecule has 3 atom stereocenters. The fourth-order valence-electron chi connectivity index (χ4n) is 2.21. The quantitative estimate of drug-likeness (QED) is 0.558. The summed E-state index contributed by atoms with van der Waals surface area (Å²) in [4.78, 5) is 2.43. The van der Waals surface area contributed by atoms with E-state index in [2.05, 4.69) is 11.9 Å². The van der Waals surface area contributed by atoms with Gasteiger partial charge in [-0.2, -0.15) is 0 Å². The smallest absolute Gasteiger partial charge is 0.0620 e. The van der Waals surface area contributed by atoms with Crippen LogP contribution in [0.5, 0.6) is 0 Å². The number of likely N-dealkylation sites (N-methyl/N-ethyl adjacent to an activating group) is 1. The van der Waals surface area contributed by atoms with Crippen LogP contribution in [-0.4, -0.2) is 38.3 Å². The zero-order chi connectivity index (χ0) is 7.14. The first-order chi connectivity index (χ1) is 4.83. The SMILES string of the molecule is COC[C@@H]1C2CC2CN1C. The number of fused-ring (bicyclic) bond motifs is 1. The third-order valence-corrected chi connectivity index (χ3v) is 2.90. The number of ether oxygens (including phenoxy) is 1. The van der Waals surface area contributed by atoms with E-state index in [1.54, 1.807) is 7.11 Å². The molecule has 2 aliphatic rings. The molecule has 2 fully saturated rings. The van der Waals surface area contributed by atoms with Gasteiger partial charge in [-0.3, -0.25) is 0 Å². The van der Waals surface area contributed by atoms with Gasteiger partial charge in [-0.1, -0.05) is 0 Å². The second-order valence-electron chi connectivity index (χ2n) is 3.62. The number of piperidine rings is 1. The maximum absolute atomic E-state index is 5.15. The van der Waals surface area contributed by atoms with Gasteiger partial charge in [0.2, 0.25) is 0 Å². The summed E-state index contributed by atoms with van der Waals surface area (Å²) >= 11 is 0. The van der Waals surface area contributed by atoms with Gasteiger partial charge in [0.15, 0.2) is 0 Å². The van der Waals surface area contributed by atoms with Crippen LogP contribution >= 0.6 is 0 Å². The summed E-state index contributed by atoms with van der Waals surface area (Å²) in [6.07, 6.45) is 1.46. The summed E-state index contributed by atoms with van der Waals surface area (Å²) < 4.78 is 5.15. The summed E-state index contributed by atoms with van der Waals surface area (Å²) in [6, 6.07) is 0.731. The molecule has 0 aromatic rings. The largest absolute Gasteiger partial charge is 0.383 e. The van der Waals surface area contributed by atoms with Gasteiger partial charge >= 0.3 is 0 Å². The van der Waals surface area contributed by atoms with E-state index in [0.29, 0.717) is 0 Å². The molecular weight excluding hydrogens is 126 g/mol. The molecule has 2 heteroatoms. The van der Waals surface area contributed by atoms with E-state index in [1.165, 1.54) is 13.0 Å². The highest BCUT2D eigenvalue weighted by atomic mass is 16.5. The van der Waals surface area contributed by atoms with Crippen LogP contribution in [0.3, 0.4) is 0 Å². The van der Waals surface area contributed by atoms with Gasteiger partial charge < -0.3 is 9.64 Å². The predicted molar refractivity (Wildman–Crippen MR) is 39.9 cm³/mol. The minimum atomic E-state index is 0.731. The molecule has 0 aromatic heterocycles. The van der Waals surface area contributed by atoms with Crippen LogP contribution in [-0.2, 0) is 4.74 Å². The van der Waals surface area contributed by atoms with Crippen LogP contribution in [0.1, 0.15) is 6.42 Å². The molecule has 10 heavy (non-hydrogen) atoms. The molecule has 0 aromatic carbocycles. The lowest BCUT2D eigenvalue weighted by atomic mass is 10.2. The van der Waals surface area contributed by atoms with Crippen LogP contribution in [0.15, 0.2) is 0 Å². The van der Waals surface area contributed by atoms with E-state index < -0.39 is 0 Å². The molecule has 0 bridgehead atoms. The van der Waals surface area contributed by atoms with E-state index in [9.17, 15) is 0 Å². The van der Waals surface area contributed by atoms with Crippen molar-refractivity contribution < 1.29 is 4.74 Å². The number of hydrogen-bond acceptors (Lipinski definition) is 2. The number of nitrogens with zero attached hydrogens (tertiary/aromatic N) is 1. The van der Waals surface area contributed by atoms with Crippen molar-refractivity contribution in [2.75, 3.05) is 27.3 Å². The maximum atomic E-state index is 5.15. The van der Waals surface area contributed by atoms with Gasteiger partial charge in [0, 0.05) is 19.7 Å². The third kappa shape index (κ3) is 0.867. The minimum absolute atomic E-state index is 0.731. The van der Waals surface area contributed by atoms with Crippen molar-refractivity contribution in [1.82, 2.24) is 4.90 Å². The normalized spacial score (nSPS) is 45.6. The predicted octanol–water partition coefficient (Wildman–Crippen LogP) is 0.583. The van der Waals surface area contributed by atoms with Crippen molar-refractivity contribution in [3.8, 4) is 0 Å². The summed E-state index contributed by atoms with van der Waals surface area (Å²) in [5.41, 5.74) is 0. The van der Waals surface area contributed by atoms with Crippen molar-refractivity contribution in [2.24, 2.45) is 11.8 Å². The Morgan fingerprint density at radius 2 is 2.40 bits per heavy atom. The Hall–Kier alpha value is -0.0800. The topological polar surface area (TPSA) is 12.5 Å². The highest BCUT2D eigenvalue weighted by Gasteiger charge is 2.50. The monoisotopic (exact) mass is 141 g/mol. The molecule has 0 radical (unpaired) electrons. The lowest BCUT2D eigenvalue weighted by Crippen LogP contribution is -2.32. The number of likely N-dealkylation sites (tertiary alicyclic amines) is 1. The Morgan fingerprint density at radius 3 is 2.90 bits per heavy atom. The van der Waals surface area contributed by atoms with Crippen molar-refractivity contribution in [2.45, 2.75) is 12.5 Å². The molecule has 2 unspecified atom stereocenters. The molecular formula is C8H15NO. The van der Waals surface area contributed by atoms with Gasteiger partial charge in [0.1, 0.15) is 0 Å². The van der Waals surface area contributed by atoms with Crippen molar-refractivity contribution in [1.29, 1.82) is 0 Å². The zero-order valence-corrected chi connectivity index (χ0v) is 6.71. The van der Waals surface area contributed by atoms with Crippen LogP contribution in [0.4, 0.5) is 0 Å². The fraction of sp³-hybridized carbons (Fsp3) is 1.00. The Bertz CT molecular complexity index is 135. The molecule has 1 saturated heterocycles. The fourth-order valence-corrected chi connectivity index (χ4v) is 2.21. The molecule has 0 N–H and O–H groups in total. The van der Waals surface area contributed by atoms with Crippen molar-refractivity contribution in [3.05, 3.63) is 0 Å². The van der Waals surface area contributed by atoms with Crippen molar-refractivity contribution >= 4 is 0 Å². The summed E-state index contributed by atoms with van der Waals surface area (Å²) in [5, 5.41) is 0. The molecule has 0 amide bonds. The van der Waals surface area contributed by atoms with E-state index in [4.69, 9.17) is 4.74 Å². The Morgan fingerprint density at radius 1 is 1.60 bits per heavy atom. The van der Waals surface area contributed by atoms with Crippen LogP contribution in [0, 0.1) is 11.8 Å². The first-order valence-electron chi connectivity index (χ1n) is 4.02. The lowest BCUT2D eigenvalue weighted by molar-refractivity contribution is 0.115. The molecule has 1 aliphatic heterocycles. The van der Waals surface area contributed by atoms with E-state index in [-0.39, 0.29) is 0 Å². The first kappa shape index (κ1) is 6.62. The molecule has 2 rings (SSSR count). The van der Waals surface area contributed by atoms with E-state index in [1.807, 2.05) is 0 Å². The van der Waals surface area contributed by atoms with Crippen LogP contribution < -0.4 is 0 Å². The molecule has 1 aliphatic carbocycles. The lowest BCUT2D eigenvalue weighted by Gasteiger charge is -2.21. The van der Waals surface area contributed by atoms with E-state index in [0.717, 1.165) is 24.5 Å². The van der Waals surface area contributed by atoms with Gasteiger partial charge in [0.25, 0.3) is 0 Å². The maximum Gasteiger partial charge on any atom is 0.0620 e. The highest BCUT2D eigenvalue weighted by Crippen LogP contribution is 2.48. The van der Waals surface area contributed by atoms with Crippen LogP contribution in [0.2, 0.25) is 0 Å². The van der Waals surface area contributed by atoms with Gasteiger partial charge in [-0.05, 0) is 25.3 Å². The third-order valence-electron chi connectivity index (χ3n) is 2.90. The van der Waals surface area contributed by atoms with Gasteiger partial charge in [-0.15, -0.1) is 0 Å². The highest BCUT2D eigenvalue weighted by molar-refractivity contribution is 5.02. The summed E-state index contributed by atoms with van der Waals surface area (Å²) in [5.74, 6) is 2.00. The Balaban J connectivity index is 1.92. The van der Waals surface area contributed by atoms with Crippen LogP contribution in [0.25, 0.3) is 0 Å². The van der Waals surface area contributed by atoms with Crippen molar-refractivity contribution in [3.63, 3.8) is 0 Å². The average Bonchev–Trinajstić information content (AvgIpc) is 2.57. The molecule has 1 heterocycles. The summed E-state index contributed by atoms with van der Waals surface area (Å²) in [6.45, 7) is 2.23. The minimum Gasteiger partial charge on any atom is -0.383 e. The average molecular weight is 141 g/mol.